The first-order valence-corrected chi connectivity index (χ1v) is 9.41. The SMILES string of the molecule is CC(CNC(=O)CCn1c(=O)c2cccn2c2cccnc21)c1ccccc1. The van der Waals surface area contributed by atoms with Crippen molar-refractivity contribution in [3.63, 3.8) is 0 Å². The van der Waals surface area contributed by atoms with Crippen molar-refractivity contribution in [2.24, 2.45) is 0 Å². The van der Waals surface area contributed by atoms with Crippen LogP contribution in [-0.4, -0.2) is 26.4 Å². The highest BCUT2D eigenvalue weighted by atomic mass is 16.2. The zero-order chi connectivity index (χ0) is 19.5. The molecular formula is C22H22N4O2. The van der Waals surface area contributed by atoms with Gasteiger partial charge in [-0.05, 0) is 35.7 Å². The minimum absolute atomic E-state index is 0.0750. The number of rotatable bonds is 6. The van der Waals surface area contributed by atoms with E-state index < -0.39 is 0 Å². The van der Waals surface area contributed by atoms with Gasteiger partial charge >= 0.3 is 0 Å². The summed E-state index contributed by atoms with van der Waals surface area (Å²) in [6, 6.07) is 17.5. The van der Waals surface area contributed by atoms with E-state index in [1.165, 1.54) is 5.56 Å². The lowest BCUT2D eigenvalue weighted by atomic mass is 10.0. The maximum Gasteiger partial charge on any atom is 0.276 e. The lowest BCUT2D eigenvalue weighted by molar-refractivity contribution is -0.121. The molecule has 4 aromatic rings. The number of amides is 1. The Morgan fingerprint density at radius 3 is 2.68 bits per heavy atom. The smallest absolute Gasteiger partial charge is 0.276 e. The van der Waals surface area contributed by atoms with Crippen LogP contribution in [0.1, 0.15) is 24.8 Å². The molecule has 1 unspecified atom stereocenters. The number of aromatic nitrogens is 3. The molecule has 0 spiro atoms. The Balaban J connectivity index is 1.48. The van der Waals surface area contributed by atoms with Gasteiger partial charge in [-0.2, -0.15) is 0 Å². The van der Waals surface area contributed by atoms with E-state index in [4.69, 9.17) is 0 Å². The average Bonchev–Trinajstić information content (AvgIpc) is 3.23. The summed E-state index contributed by atoms with van der Waals surface area (Å²) in [7, 11) is 0. The van der Waals surface area contributed by atoms with E-state index in [-0.39, 0.29) is 23.8 Å². The molecule has 1 amide bonds. The summed E-state index contributed by atoms with van der Waals surface area (Å²) in [6.07, 6.45) is 3.74. The molecule has 3 aromatic heterocycles. The highest BCUT2D eigenvalue weighted by Crippen LogP contribution is 2.14. The van der Waals surface area contributed by atoms with Crippen molar-refractivity contribution in [2.75, 3.05) is 6.54 Å². The summed E-state index contributed by atoms with van der Waals surface area (Å²) < 4.78 is 3.42. The van der Waals surface area contributed by atoms with Crippen molar-refractivity contribution in [2.45, 2.75) is 25.8 Å². The second-order valence-electron chi connectivity index (χ2n) is 6.93. The fourth-order valence-corrected chi connectivity index (χ4v) is 3.46. The zero-order valence-corrected chi connectivity index (χ0v) is 15.7. The summed E-state index contributed by atoms with van der Waals surface area (Å²) in [5.41, 5.74) is 3.06. The molecule has 4 rings (SSSR count). The summed E-state index contributed by atoms with van der Waals surface area (Å²) in [6.45, 7) is 2.94. The third kappa shape index (κ3) is 3.41. The predicted octanol–water partition coefficient (Wildman–Crippen LogP) is 2.96. The Morgan fingerprint density at radius 1 is 1.07 bits per heavy atom. The molecule has 0 bridgehead atoms. The van der Waals surface area contributed by atoms with Gasteiger partial charge in [0.1, 0.15) is 5.52 Å². The van der Waals surface area contributed by atoms with Crippen LogP contribution in [0.4, 0.5) is 0 Å². The first-order valence-electron chi connectivity index (χ1n) is 9.41. The predicted molar refractivity (Wildman–Crippen MR) is 109 cm³/mol. The van der Waals surface area contributed by atoms with Gasteiger partial charge in [-0.15, -0.1) is 0 Å². The van der Waals surface area contributed by atoms with Gasteiger partial charge in [0, 0.05) is 31.9 Å². The monoisotopic (exact) mass is 374 g/mol. The Morgan fingerprint density at radius 2 is 1.86 bits per heavy atom. The van der Waals surface area contributed by atoms with Crippen LogP contribution in [0.15, 0.2) is 71.8 Å². The summed E-state index contributed by atoms with van der Waals surface area (Å²) in [4.78, 5) is 29.6. The van der Waals surface area contributed by atoms with Gasteiger partial charge in [-0.3, -0.25) is 14.2 Å². The number of carbonyl (C=O) groups is 1. The van der Waals surface area contributed by atoms with Crippen LogP contribution in [0.2, 0.25) is 0 Å². The second kappa shape index (κ2) is 7.68. The molecule has 0 aliphatic heterocycles. The molecule has 3 heterocycles. The second-order valence-corrected chi connectivity index (χ2v) is 6.93. The normalized spacial score (nSPS) is 12.3. The van der Waals surface area contributed by atoms with Crippen LogP contribution in [0.25, 0.3) is 16.7 Å². The minimum atomic E-state index is -0.137. The van der Waals surface area contributed by atoms with E-state index in [2.05, 4.69) is 29.4 Å². The molecule has 28 heavy (non-hydrogen) atoms. The standard InChI is InChI=1S/C22H22N4O2/c1-16(17-7-3-2-4-8-17)15-24-20(27)11-14-26-21-18(9-5-12-23-21)25-13-6-10-19(25)22(26)28/h2-10,12-13,16H,11,14-15H2,1H3,(H,24,27). The minimum Gasteiger partial charge on any atom is -0.355 e. The molecule has 0 aliphatic rings. The number of hydrogen-bond acceptors (Lipinski definition) is 3. The van der Waals surface area contributed by atoms with Crippen LogP contribution < -0.4 is 10.9 Å². The highest BCUT2D eigenvalue weighted by molar-refractivity contribution is 5.77. The van der Waals surface area contributed by atoms with E-state index in [0.717, 1.165) is 5.52 Å². The van der Waals surface area contributed by atoms with Gasteiger partial charge in [0.15, 0.2) is 5.65 Å². The van der Waals surface area contributed by atoms with Crippen molar-refractivity contribution in [3.8, 4) is 0 Å². The zero-order valence-electron chi connectivity index (χ0n) is 15.7. The lowest BCUT2D eigenvalue weighted by Gasteiger charge is -2.14. The van der Waals surface area contributed by atoms with E-state index in [1.807, 2.05) is 47.0 Å². The summed E-state index contributed by atoms with van der Waals surface area (Å²) >= 11 is 0. The number of fused-ring (bicyclic) bond motifs is 3. The third-order valence-electron chi connectivity index (χ3n) is 5.03. The van der Waals surface area contributed by atoms with E-state index in [9.17, 15) is 9.59 Å². The maximum atomic E-state index is 12.8. The molecule has 6 nitrogen and oxygen atoms in total. The number of benzene rings is 1. The van der Waals surface area contributed by atoms with Crippen LogP contribution in [0, 0.1) is 0 Å². The van der Waals surface area contributed by atoms with E-state index in [0.29, 0.717) is 24.3 Å². The Labute approximate surface area is 162 Å². The van der Waals surface area contributed by atoms with Crippen molar-refractivity contribution in [1.29, 1.82) is 0 Å². The van der Waals surface area contributed by atoms with Gasteiger partial charge < -0.3 is 9.72 Å². The van der Waals surface area contributed by atoms with Crippen molar-refractivity contribution in [3.05, 3.63) is 82.9 Å². The van der Waals surface area contributed by atoms with Crippen LogP contribution in [0.3, 0.4) is 0 Å². The topological polar surface area (TPSA) is 68.4 Å². The molecule has 1 atom stereocenters. The molecule has 0 radical (unpaired) electrons. The summed E-state index contributed by atoms with van der Waals surface area (Å²) in [5.74, 6) is 0.154. The molecule has 0 saturated heterocycles. The largest absolute Gasteiger partial charge is 0.355 e. The Hall–Kier alpha value is -3.41. The number of nitrogens with zero attached hydrogens (tertiary/aromatic N) is 3. The van der Waals surface area contributed by atoms with Gasteiger partial charge in [-0.25, -0.2) is 4.98 Å². The number of hydrogen-bond donors (Lipinski definition) is 1. The maximum absolute atomic E-state index is 12.8. The molecule has 6 heteroatoms. The Kier molecular flexibility index (Phi) is 4.93. The molecule has 0 aliphatic carbocycles. The molecule has 1 aromatic carbocycles. The van der Waals surface area contributed by atoms with Crippen LogP contribution >= 0.6 is 0 Å². The van der Waals surface area contributed by atoms with Gasteiger partial charge in [0.25, 0.3) is 5.56 Å². The first-order chi connectivity index (χ1) is 13.6. The van der Waals surface area contributed by atoms with E-state index in [1.54, 1.807) is 16.8 Å². The van der Waals surface area contributed by atoms with Crippen molar-refractivity contribution < 1.29 is 4.79 Å². The third-order valence-corrected chi connectivity index (χ3v) is 5.03. The van der Waals surface area contributed by atoms with Crippen molar-refractivity contribution >= 4 is 22.6 Å². The van der Waals surface area contributed by atoms with E-state index >= 15 is 0 Å². The average molecular weight is 374 g/mol. The summed E-state index contributed by atoms with van der Waals surface area (Å²) in [5, 5.41) is 2.97. The highest BCUT2D eigenvalue weighted by Gasteiger charge is 2.13. The van der Waals surface area contributed by atoms with Gasteiger partial charge in [0.05, 0.1) is 5.52 Å². The number of pyridine rings is 1. The molecule has 1 N–H and O–H groups in total. The van der Waals surface area contributed by atoms with Crippen LogP contribution in [-0.2, 0) is 11.3 Å². The fourth-order valence-electron chi connectivity index (χ4n) is 3.46. The Bertz CT molecular complexity index is 1180. The van der Waals surface area contributed by atoms with Gasteiger partial charge in [0.2, 0.25) is 5.91 Å². The lowest BCUT2D eigenvalue weighted by Crippen LogP contribution is -2.30. The first kappa shape index (κ1) is 18.0. The van der Waals surface area contributed by atoms with Gasteiger partial charge in [-0.1, -0.05) is 37.3 Å². The molecular weight excluding hydrogens is 352 g/mol. The quantitative estimate of drug-likeness (QED) is 0.564. The number of aryl methyl sites for hydroxylation is 1. The fraction of sp³-hybridized carbons (Fsp3) is 0.227. The number of carbonyl (C=O) groups excluding carboxylic acids is 1. The molecule has 142 valence electrons. The van der Waals surface area contributed by atoms with Crippen LogP contribution in [0.5, 0.6) is 0 Å². The number of nitrogens with one attached hydrogen (secondary N) is 1. The van der Waals surface area contributed by atoms with Crippen molar-refractivity contribution in [1.82, 2.24) is 19.3 Å². The molecule has 0 saturated carbocycles. The molecule has 0 fully saturated rings.